The predicted octanol–water partition coefficient (Wildman–Crippen LogP) is 4.33. The van der Waals surface area contributed by atoms with E-state index in [0.29, 0.717) is 35.8 Å². The van der Waals surface area contributed by atoms with Crippen molar-refractivity contribution in [3.05, 3.63) is 69.9 Å². The summed E-state index contributed by atoms with van der Waals surface area (Å²) >= 11 is 1.64. The molecule has 0 radical (unpaired) electrons. The van der Waals surface area contributed by atoms with E-state index in [0.717, 1.165) is 16.2 Å². The Balaban J connectivity index is 1.53. The molecule has 1 aromatic heterocycles. The van der Waals surface area contributed by atoms with Crippen LogP contribution in [0.25, 0.3) is 0 Å². The number of anilines is 1. The minimum Gasteiger partial charge on any atom is -0.496 e. The second kappa shape index (κ2) is 9.84. The third-order valence-electron chi connectivity index (χ3n) is 5.08. The maximum atomic E-state index is 13.0. The number of Topliss-reactive ketones (excluding diaryl/α,β-unsaturated/α-hetero) is 1. The van der Waals surface area contributed by atoms with Crippen LogP contribution in [0.4, 0.5) is 5.69 Å². The largest absolute Gasteiger partial charge is 0.496 e. The molecule has 32 heavy (non-hydrogen) atoms. The molecule has 7 nitrogen and oxygen atoms in total. The van der Waals surface area contributed by atoms with Crippen LogP contribution >= 0.6 is 11.3 Å². The Morgan fingerprint density at radius 3 is 2.59 bits per heavy atom. The molecule has 0 spiro atoms. The van der Waals surface area contributed by atoms with E-state index in [2.05, 4.69) is 5.32 Å². The van der Waals surface area contributed by atoms with E-state index in [9.17, 15) is 9.59 Å². The number of hydrogen-bond donors (Lipinski definition) is 1. The lowest BCUT2D eigenvalue weighted by atomic mass is 10.1. The van der Waals surface area contributed by atoms with E-state index in [1.54, 1.807) is 30.6 Å². The lowest BCUT2D eigenvalue weighted by Gasteiger charge is -2.22. The van der Waals surface area contributed by atoms with Crippen molar-refractivity contribution >= 4 is 28.7 Å². The van der Waals surface area contributed by atoms with Crippen molar-refractivity contribution in [2.45, 2.75) is 20.0 Å². The zero-order chi connectivity index (χ0) is 22.5. The quantitative estimate of drug-likeness (QED) is 0.487. The molecule has 2 heterocycles. The van der Waals surface area contributed by atoms with Gasteiger partial charge in [-0.1, -0.05) is 24.3 Å². The summed E-state index contributed by atoms with van der Waals surface area (Å²) in [5, 5.41) is 4.90. The first kappa shape index (κ1) is 21.9. The Kier molecular flexibility index (Phi) is 6.72. The van der Waals surface area contributed by atoms with E-state index in [1.807, 2.05) is 46.7 Å². The van der Waals surface area contributed by atoms with Crippen molar-refractivity contribution in [1.82, 2.24) is 4.90 Å². The number of nitrogens with one attached hydrogen (secondary N) is 1. The number of para-hydroxylation sites is 1. The van der Waals surface area contributed by atoms with Gasteiger partial charge in [-0.3, -0.25) is 14.5 Å². The first-order valence-corrected chi connectivity index (χ1v) is 11.0. The van der Waals surface area contributed by atoms with Crippen LogP contribution in [0.1, 0.15) is 27.7 Å². The highest BCUT2D eigenvalue weighted by Crippen LogP contribution is 2.37. The third kappa shape index (κ3) is 5.09. The zero-order valence-corrected chi connectivity index (χ0v) is 18.7. The topological polar surface area (TPSA) is 77.1 Å². The number of fused-ring (bicyclic) bond motifs is 1. The van der Waals surface area contributed by atoms with Crippen LogP contribution in [0.5, 0.6) is 17.2 Å². The van der Waals surface area contributed by atoms with Gasteiger partial charge >= 0.3 is 0 Å². The van der Waals surface area contributed by atoms with Gasteiger partial charge in [-0.2, -0.15) is 0 Å². The average molecular weight is 453 g/mol. The fourth-order valence-electron chi connectivity index (χ4n) is 3.59. The normalized spacial score (nSPS) is 12.1. The Morgan fingerprint density at radius 1 is 1.09 bits per heavy atom. The van der Waals surface area contributed by atoms with Gasteiger partial charge < -0.3 is 19.5 Å². The number of carbonyl (C=O) groups is 2. The van der Waals surface area contributed by atoms with E-state index >= 15 is 0 Å². The van der Waals surface area contributed by atoms with Crippen LogP contribution in [0.2, 0.25) is 0 Å². The Hall–Kier alpha value is -3.36. The van der Waals surface area contributed by atoms with Crippen molar-refractivity contribution in [3.63, 3.8) is 0 Å². The summed E-state index contributed by atoms with van der Waals surface area (Å²) in [6.45, 7) is 2.84. The van der Waals surface area contributed by atoms with Gasteiger partial charge in [0.15, 0.2) is 17.3 Å². The average Bonchev–Trinajstić information content (AvgIpc) is 3.44. The molecule has 0 saturated carbocycles. The molecule has 4 rings (SSSR count). The van der Waals surface area contributed by atoms with Gasteiger partial charge in [-0.05, 0) is 30.5 Å². The van der Waals surface area contributed by atoms with Gasteiger partial charge in [0, 0.05) is 35.2 Å². The molecule has 0 fully saturated rings. The highest BCUT2D eigenvalue weighted by molar-refractivity contribution is 7.09. The summed E-state index contributed by atoms with van der Waals surface area (Å²) in [5.41, 5.74) is 1.80. The first-order chi connectivity index (χ1) is 15.5. The number of amides is 1. The number of methoxy groups -OCH3 is 1. The minimum absolute atomic E-state index is 0.0948. The van der Waals surface area contributed by atoms with Gasteiger partial charge in [0.05, 0.1) is 19.3 Å². The Labute approximate surface area is 190 Å². The number of hydrogen-bond acceptors (Lipinski definition) is 7. The molecule has 0 saturated heterocycles. The van der Waals surface area contributed by atoms with Gasteiger partial charge in [0.25, 0.3) is 0 Å². The standard InChI is InChI=1S/C24H24N2O5S/c1-16(27)19-10-22-23(31-15-30-22)11-20(19)25-24(28)14-26(13-18-7-5-9-32-18)12-17-6-3-4-8-21(17)29-2/h3-11H,12-15H2,1-2H3,(H,25,28). The van der Waals surface area contributed by atoms with Crippen molar-refractivity contribution < 1.29 is 23.8 Å². The Bertz CT molecular complexity index is 1110. The molecule has 2 aromatic carbocycles. The second-order valence-corrected chi connectivity index (χ2v) is 8.42. The van der Waals surface area contributed by atoms with Gasteiger partial charge in [-0.25, -0.2) is 0 Å². The number of carbonyl (C=O) groups excluding carboxylic acids is 2. The molecule has 3 aromatic rings. The smallest absolute Gasteiger partial charge is 0.238 e. The van der Waals surface area contributed by atoms with Crippen LogP contribution in [0.15, 0.2) is 53.9 Å². The SMILES string of the molecule is COc1ccccc1CN(CC(=O)Nc1cc2c(cc1C(C)=O)OCO2)Cc1cccs1. The molecule has 0 atom stereocenters. The molecule has 0 unspecified atom stereocenters. The van der Waals surface area contributed by atoms with E-state index in [4.69, 9.17) is 14.2 Å². The molecule has 1 aliphatic rings. The highest BCUT2D eigenvalue weighted by atomic mass is 32.1. The van der Waals surface area contributed by atoms with Crippen LogP contribution in [0.3, 0.4) is 0 Å². The molecular formula is C24H24N2O5S. The number of nitrogens with zero attached hydrogens (tertiary/aromatic N) is 1. The fourth-order valence-corrected chi connectivity index (χ4v) is 4.34. The van der Waals surface area contributed by atoms with Crippen LogP contribution < -0.4 is 19.5 Å². The van der Waals surface area contributed by atoms with Crippen molar-refractivity contribution in [2.75, 3.05) is 25.8 Å². The van der Waals surface area contributed by atoms with Gasteiger partial charge in [-0.15, -0.1) is 11.3 Å². The fraction of sp³-hybridized carbons (Fsp3) is 0.250. The molecule has 1 aliphatic heterocycles. The first-order valence-electron chi connectivity index (χ1n) is 10.1. The molecule has 166 valence electrons. The number of thiophene rings is 1. The molecular weight excluding hydrogens is 428 g/mol. The maximum absolute atomic E-state index is 13.0. The summed E-state index contributed by atoms with van der Waals surface area (Å²) in [6, 6.07) is 15.1. The Morgan fingerprint density at radius 2 is 1.88 bits per heavy atom. The van der Waals surface area contributed by atoms with Crippen molar-refractivity contribution in [3.8, 4) is 17.2 Å². The summed E-state index contributed by atoms with van der Waals surface area (Å²) in [5.74, 6) is 1.40. The number of benzene rings is 2. The van der Waals surface area contributed by atoms with E-state index in [1.165, 1.54) is 6.92 Å². The highest BCUT2D eigenvalue weighted by Gasteiger charge is 2.21. The minimum atomic E-state index is -0.224. The molecule has 1 N–H and O–H groups in total. The van der Waals surface area contributed by atoms with E-state index in [-0.39, 0.29) is 25.0 Å². The van der Waals surface area contributed by atoms with E-state index < -0.39 is 0 Å². The summed E-state index contributed by atoms with van der Waals surface area (Å²) in [4.78, 5) is 28.3. The van der Waals surface area contributed by atoms with Crippen LogP contribution in [-0.4, -0.2) is 37.0 Å². The number of rotatable bonds is 9. The van der Waals surface area contributed by atoms with Crippen LogP contribution in [-0.2, 0) is 17.9 Å². The summed E-state index contributed by atoms with van der Waals surface area (Å²) in [7, 11) is 1.64. The summed E-state index contributed by atoms with van der Waals surface area (Å²) in [6.07, 6.45) is 0. The zero-order valence-electron chi connectivity index (χ0n) is 17.9. The second-order valence-electron chi connectivity index (χ2n) is 7.39. The third-order valence-corrected chi connectivity index (χ3v) is 5.94. The molecule has 8 heteroatoms. The molecule has 0 bridgehead atoms. The number of ketones is 1. The monoisotopic (exact) mass is 452 g/mol. The predicted molar refractivity (Wildman–Crippen MR) is 123 cm³/mol. The number of ether oxygens (including phenoxy) is 3. The molecule has 1 amide bonds. The maximum Gasteiger partial charge on any atom is 0.238 e. The van der Waals surface area contributed by atoms with Crippen LogP contribution in [0, 0.1) is 0 Å². The summed E-state index contributed by atoms with van der Waals surface area (Å²) < 4.78 is 16.2. The lowest BCUT2D eigenvalue weighted by molar-refractivity contribution is -0.117. The van der Waals surface area contributed by atoms with Crippen molar-refractivity contribution in [2.24, 2.45) is 0 Å². The van der Waals surface area contributed by atoms with Crippen molar-refractivity contribution in [1.29, 1.82) is 0 Å². The van der Waals surface area contributed by atoms with Gasteiger partial charge in [0.2, 0.25) is 12.7 Å². The van der Waals surface area contributed by atoms with Gasteiger partial charge in [0.1, 0.15) is 5.75 Å². The lowest BCUT2D eigenvalue weighted by Crippen LogP contribution is -2.32. The molecule has 0 aliphatic carbocycles.